The number of para-hydroxylation sites is 1. The zero-order valence-electron chi connectivity index (χ0n) is 17.2. The van der Waals surface area contributed by atoms with Gasteiger partial charge in [0.1, 0.15) is 12.0 Å². The Bertz CT molecular complexity index is 998. The number of anilines is 2. The number of benzene rings is 2. The topological polar surface area (TPSA) is 70.2 Å². The van der Waals surface area contributed by atoms with Crippen molar-refractivity contribution in [3.8, 4) is 0 Å². The van der Waals surface area contributed by atoms with Crippen molar-refractivity contribution >= 4 is 23.2 Å². The molecule has 33 heavy (non-hydrogen) atoms. The van der Waals surface area contributed by atoms with Crippen molar-refractivity contribution in [2.75, 3.05) is 5.32 Å². The highest BCUT2D eigenvalue weighted by molar-refractivity contribution is 5.92. The first-order valence-electron chi connectivity index (χ1n) is 10.1. The summed E-state index contributed by atoms with van der Waals surface area (Å²) in [7, 11) is 0. The number of hydrogen-bond donors (Lipinski definition) is 3. The molecule has 5 nitrogen and oxygen atoms in total. The van der Waals surface area contributed by atoms with E-state index in [0.717, 1.165) is 6.07 Å². The number of carbonyl (C=O) groups is 2. The minimum absolute atomic E-state index is 0.0368. The van der Waals surface area contributed by atoms with Gasteiger partial charge in [0.25, 0.3) is 0 Å². The van der Waals surface area contributed by atoms with Crippen molar-refractivity contribution in [2.24, 2.45) is 0 Å². The molecule has 1 saturated carbocycles. The Hall–Kier alpha value is -3.24. The van der Waals surface area contributed by atoms with Crippen LogP contribution in [0.2, 0.25) is 0 Å². The Labute approximate surface area is 185 Å². The number of nitrogens with one attached hydrogen (secondary N) is 3. The summed E-state index contributed by atoms with van der Waals surface area (Å²) in [5.41, 5.74) is -1.25. The Morgan fingerprint density at radius 1 is 0.909 bits per heavy atom. The van der Waals surface area contributed by atoms with E-state index in [4.69, 9.17) is 0 Å². The number of rotatable bonds is 7. The largest absolute Gasteiger partial charge is 0.418 e. The second-order valence-electron chi connectivity index (χ2n) is 7.82. The first kappa shape index (κ1) is 24.4. The van der Waals surface area contributed by atoms with Gasteiger partial charge in [-0.25, -0.2) is 0 Å². The van der Waals surface area contributed by atoms with E-state index in [-0.39, 0.29) is 25.1 Å². The molecule has 0 saturated heterocycles. The number of alkyl halides is 6. The van der Waals surface area contributed by atoms with E-state index in [0.29, 0.717) is 17.7 Å². The molecule has 0 radical (unpaired) electrons. The van der Waals surface area contributed by atoms with E-state index in [1.54, 1.807) is 24.3 Å². The Morgan fingerprint density at radius 2 is 1.55 bits per heavy atom. The summed E-state index contributed by atoms with van der Waals surface area (Å²) in [6.45, 7) is 0.0368. The van der Waals surface area contributed by atoms with Crippen molar-refractivity contribution in [3.05, 3.63) is 59.7 Å². The van der Waals surface area contributed by atoms with E-state index in [2.05, 4.69) is 16.0 Å². The fourth-order valence-electron chi connectivity index (χ4n) is 3.48. The van der Waals surface area contributed by atoms with Crippen molar-refractivity contribution in [2.45, 2.75) is 50.1 Å². The van der Waals surface area contributed by atoms with Crippen LogP contribution in [0.5, 0.6) is 0 Å². The summed E-state index contributed by atoms with van der Waals surface area (Å²) >= 11 is 0. The average Bonchev–Trinajstić information content (AvgIpc) is 2.68. The van der Waals surface area contributed by atoms with Gasteiger partial charge in [-0.05, 0) is 49.1 Å². The summed E-state index contributed by atoms with van der Waals surface area (Å²) in [6, 6.07) is 11.3. The number of halogens is 6. The number of hydrogen-bond acceptors (Lipinski definition) is 3. The predicted octanol–water partition coefficient (Wildman–Crippen LogP) is 5.06. The van der Waals surface area contributed by atoms with Crippen molar-refractivity contribution in [1.29, 1.82) is 0 Å². The average molecular weight is 473 g/mol. The zero-order chi connectivity index (χ0) is 24.3. The van der Waals surface area contributed by atoms with Gasteiger partial charge in [-0.3, -0.25) is 9.59 Å². The molecule has 0 spiro atoms. The van der Waals surface area contributed by atoms with Crippen LogP contribution in [0, 0.1) is 0 Å². The number of carbonyl (C=O) groups excluding carboxylic acids is 2. The molecule has 0 unspecified atom stereocenters. The van der Waals surface area contributed by atoms with Gasteiger partial charge < -0.3 is 16.0 Å². The van der Waals surface area contributed by atoms with Gasteiger partial charge in [0.2, 0.25) is 11.8 Å². The summed E-state index contributed by atoms with van der Waals surface area (Å²) in [6.07, 6.45) is -9.76. The minimum Gasteiger partial charge on any atom is -0.355 e. The predicted molar refractivity (Wildman–Crippen MR) is 108 cm³/mol. The van der Waals surface area contributed by atoms with Crippen LogP contribution in [-0.2, 0) is 22.3 Å². The Kier molecular flexibility index (Phi) is 6.89. The molecule has 3 rings (SSSR count). The fraction of sp³-hybridized carbons (Fsp3) is 0.364. The maximum Gasteiger partial charge on any atom is 0.418 e. The monoisotopic (exact) mass is 473 g/mol. The van der Waals surface area contributed by atoms with Crippen molar-refractivity contribution in [1.82, 2.24) is 10.6 Å². The van der Waals surface area contributed by atoms with Crippen LogP contribution < -0.4 is 16.0 Å². The molecule has 0 atom stereocenters. The lowest BCUT2D eigenvalue weighted by Gasteiger charge is -2.40. The van der Waals surface area contributed by atoms with Gasteiger partial charge >= 0.3 is 12.4 Å². The van der Waals surface area contributed by atoms with Crippen LogP contribution in [0.1, 0.15) is 36.8 Å². The van der Waals surface area contributed by atoms with Gasteiger partial charge in [-0.1, -0.05) is 24.3 Å². The SMILES string of the molecule is O=C(CC(F)(F)F)NC1(C(=O)NCc2ccc(Nc3ccccc3C(F)(F)F)cc2)CCC1. The number of amides is 2. The molecule has 0 heterocycles. The van der Waals surface area contributed by atoms with E-state index < -0.39 is 41.7 Å². The second-order valence-corrected chi connectivity index (χ2v) is 7.82. The van der Waals surface area contributed by atoms with E-state index in [9.17, 15) is 35.9 Å². The molecule has 0 aromatic heterocycles. The van der Waals surface area contributed by atoms with Crippen molar-refractivity contribution < 1.29 is 35.9 Å². The lowest BCUT2D eigenvalue weighted by molar-refractivity contribution is -0.158. The van der Waals surface area contributed by atoms with Crippen LogP contribution in [0.4, 0.5) is 37.7 Å². The highest BCUT2D eigenvalue weighted by Gasteiger charge is 2.46. The molecule has 1 aliphatic rings. The van der Waals surface area contributed by atoms with E-state index >= 15 is 0 Å². The van der Waals surface area contributed by atoms with Crippen LogP contribution >= 0.6 is 0 Å². The van der Waals surface area contributed by atoms with Gasteiger partial charge in [-0.2, -0.15) is 26.3 Å². The van der Waals surface area contributed by atoms with Gasteiger partial charge in [0.05, 0.1) is 11.3 Å². The lowest BCUT2D eigenvalue weighted by atomic mass is 9.75. The van der Waals surface area contributed by atoms with Crippen LogP contribution in [0.3, 0.4) is 0 Å². The van der Waals surface area contributed by atoms with Gasteiger partial charge in [0.15, 0.2) is 0 Å². The van der Waals surface area contributed by atoms with Crippen LogP contribution in [-0.4, -0.2) is 23.5 Å². The van der Waals surface area contributed by atoms with Crippen LogP contribution in [0.15, 0.2) is 48.5 Å². The van der Waals surface area contributed by atoms with Crippen LogP contribution in [0.25, 0.3) is 0 Å². The summed E-state index contributed by atoms with van der Waals surface area (Å²) in [4.78, 5) is 24.2. The molecule has 0 bridgehead atoms. The fourth-order valence-corrected chi connectivity index (χ4v) is 3.48. The molecule has 0 aliphatic heterocycles. The molecule has 2 aromatic carbocycles. The highest BCUT2D eigenvalue weighted by atomic mass is 19.4. The smallest absolute Gasteiger partial charge is 0.355 e. The molecular formula is C22H21F6N3O2. The normalized spacial score (nSPS) is 15.3. The Morgan fingerprint density at radius 3 is 2.09 bits per heavy atom. The van der Waals surface area contributed by atoms with Crippen molar-refractivity contribution in [3.63, 3.8) is 0 Å². The summed E-state index contributed by atoms with van der Waals surface area (Å²) < 4.78 is 76.6. The standard InChI is InChI=1S/C22H21F6N3O2/c23-21(24,25)12-18(32)31-20(10-3-11-20)19(33)29-13-14-6-8-15(9-7-14)30-17-5-2-1-4-16(17)22(26,27)28/h1-2,4-9,30H,3,10-13H2,(H,29,33)(H,31,32). The van der Waals surface area contributed by atoms with Gasteiger partial charge in [-0.15, -0.1) is 0 Å². The first-order valence-corrected chi connectivity index (χ1v) is 10.1. The molecule has 1 fully saturated rings. The molecule has 2 aromatic rings. The van der Waals surface area contributed by atoms with E-state index in [1.807, 2.05) is 0 Å². The second kappa shape index (κ2) is 9.32. The third-order valence-electron chi connectivity index (χ3n) is 5.30. The molecule has 178 valence electrons. The molecule has 11 heteroatoms. The quantitative estimate of drug-likeness (QED) is 0.493. The molecule has 1 aliphatic carbocycles. The molecule has 2 amide bonds. The highest BCUT2D eigenvalue weighted by Crippen LogP contribution is 2.36. The van der Waals surface area contributed by atoms with Gasteiger partial charge in [0, 0.05) is 12.2 Å². The summed E-state index contributed by atoms with van der Waals surface area (Å²) in [5, 5.41) is 7.51. The lowest BCUT2D eigenvalue weighted by Crippen LogP contribution is -2.63. The minimum atomic E-state index is -4.66. The molecule has 3 N–H and O–H groups in total. The Balaban J connectivity index is 1.58. The molecular weight excluding hydrogens is 452 g/mol. The zero-order valence-corrected chi connectivity index (χ0v) is 17.2. The summed E-state index contributed by atoms with van der Waals surface area (Å²) in [5.74, 6) is -1.84. The van der Waals surface area contributed by atoms with E-state index in [1.165, 1.54) is 18.2 Å². The maximum atomic E-state index is 13.1. The third kappa shape index (κ3) is 6.39. The first-order chi connectivity index (χ1) is 15.4. The maximum absolute atomic E-state index is 13.1. The third-order valence-corrected chi connectivity index (χ3v) is 5.30.